The van der Waals surface area contributed by atoms with Crippen LogP contribution in [0.25, 0.3) is 0 Å². The fourth-order valence-corrected chi connectivity index (χ4v) is 2.30. The first-order valence-electron chi connectivity index (χ1n) is 6.23. The third kappa shape index (κ3) is 3.46. The number of nitrogens with zero attached hydrogens (tertiary/aromatic N) is 1. The van der Waals surface area contributed by atoms with Crippen LogP contribution in [0.2, 0.25) is 0 Å². The van der Waals surface area contributed by atoms with Crippen molar-refractivity contribution in [2.24, 2.45) is 11.7 Å². The van der Waals surface area contributed by atoms with Gasteiger partial charge >= 0.3 is 0 Å². The van der Waals surface area contributed by atoms with Gasteiger partial charge in [-0.15, -0.1) is 0 Å². The maximum Gasteiger partial charge on any atom is 0.239 e. The molecule has 1 fully saturated rings. The van der Waals surface area contributed by atoms with Crippen molar-refractivity contribution in [3.8, 4) is 0 Å². The van der Waals surface area contributed by atoms with Crippen molar-refractivity contribution in [1.82, 2.24) is 4.90 Å². The molecule has 0 bridgehead atoms. The SMILES string of the molecule is CC(C)CC(N)C(=O)N1CCCCC1CO. The van der Waals surface area contributed by atoms with E-state index in [0.717, 1.165) is 25.8 Å². The van der Waals surface area contributed by atoms with Crippen LogP contribution >= 0.6 is 0 Å². The zero-order valence-corrected chi connectivity index (χ0v) is 10.4. The Balaban J connectivity index is 2.56. The zero-order chi connectivity index (χ0) is 12.1. The second-order valence-corrected chi connectivity index (χ2v) is 5.10. The van der Waals surface area contributed by atoms with E-state index in [1.165, 1.54) is 0 Å². The first-order chi connectivity index (χ1) is 7.56. The Hall–Kier alpha value is -0.610. The molecule has 0 aromatic rings. The highest BCUT2D eigenvalue weighted by Crippen LogP contribution is 2.18. The average molecular weight is 228 g/mol. The van der Waals surface area contributed by atoms with Gasteiger partial charge in [0.05, 0.1) is 18.7 Å². The highest BCUT2D eigenvalue weighted by atomic mass is 16.3. The molecule has 0 saturated carbocycles. The summed E-state index contributed by atoms with van der Waals surface area (Å²) in [4.78, 5) is 13.9. The van der Waals surface area contributed by atoms with Gasteiger partial charge in [-0.3, -0.25) is 4.79 Å². The molecule has 1 amide bonds. The number of hydrogen-bond donors (Lipinski definition) is 2. The highest BCUT2D eigenvalue weighted by molar-refractivity contribution is 5.82. The third-order valence-corrected chi connectivity index (χ3v) is 3.16. The summed E-state index contributed by atoms with van der Waals surface area (Å²) in [5.74, 6) is 0.434. The van der Waals surface area contributed by atoms with Gasteiger partial charge in [-0.25, -0.2) is 0 Å². The van der Waals surface area contributed by atoms with Crippen LogP contribution in [0.15, 0.2) is 0 Å². The largest absolute Gasteiger partial charge is 0.394 e. The predicted octanol–water partition coefficient (Wildman–Crippen LogP) is 0.733. The molecule has 3 N–H and O–H groups in total. The number of likely N-dealkylation sites (tertiary alicyclic amines) is 1. The molecule has 0 aromatic heterocycles. The molecule has 4 nitrogen and oxygen atoms in total. The number of hydrogen-bond acceptors (Lipinski definition) is 3. The Morgan fingerprint density at radius 1 is 1.50 bits per heavy atom. The topological polar surface area (TPSA) is 66.6 Å². The van der Waals surface area contributed by atoms with Gasteiger partial charge in [0.1, 0.15) is 0 Å². The lowest BCUT2D eigenvalue weighted by molar-refractivity contribution is -0.137. The van der Waals surface area contributed by atoms with Crippen molar-refractivity contribution in [2.45, 2.75) is 51.6 Å². The second kappa shape index (κ2) is 6.21. The van der Waals surface area contributed by atoms with E-state index in [0.29, 0.717) is 12.3 Å². The van der Waals surface area contributed by atoms with Crippen LogP contribution in [0.5, 0.6) is 0 Å². The number of aliphatic hydroxyl groups is 1. The van der Waals surface area contributed by atoms with Crippen molar-refractivity contribution in [1.29, 1.82) is 0 Å². The maximum absolute atomic E-state index is 12.1. The van der Waals surface area contributed by atoms with E-state index >= 15 is 0 Å². The molecule has 0 spiro atoms. The third-order valence-electron chi connectivity index (χ3n) is 3.16. The van der Waals surface area contributed by atoms with Gasteiger partial charge in [-0.05, 0) is 31.6 Å². The van der Waals surface area contributed by atoms with E-state index in [1.807, 2.05) is 0 Å². The molecule has 1 aliphatic heterocycles. The van der Waals surface area contributed by atoms with Gasteiger partial charge in [-0.1, -0.05) is 13.8 Å². The highest BCUT2D eigenvalue weighted by Gasteiger charge is 2.29. The van der Waals surface area contributed by atoms with E-state index in [-0.39, 0.29) is 18.6 Å². The quantitative estimate of drug-likeness (QED) is 0.745. The standard InChI is InChI=1S/C12H24N2O2/c1-9(2)7-11(13)12(16)14-6-4-3-5-10(14)8-15/h9-11,15H,3-8,13H2,1-2H3. The molecule has 94 valence electrons. The molecule has 0 radical (unpaired) electrons. The van der Waals surface area contributed by atoms with E-state index in [2.05, 4.69) is 13.8 Å². The van der Waals surface area contributed by atoms with Crippen LogP contribution in [0.1, 0.15) is 39.5 Å². The number of rotatable bonds is 4. The summed E-state index contributed by atoms with van der Waals surface area (Å²) >= 11 is 0. The van der Waals surface area contributed by atoms with E-state index in [9.17, 15) is 9.90 Å². The van der Waals surface area contributed by atoms with Crippen LogP contribution in [0, 0.1) is 5.92 Å². The number of aliphatic hydroxyl groups excluding tert-OH is 1. The zero-order valence-electron chi connectivity index (χ0n) is 10.4. The van der Waals surface area contributed by atoms with Gasteiger partial charge in [0, 0.05) is 6.54 Å². The van der Waals surface area contributed by atoms with Crippen LogP contribution < -0.4 is 5.73 Å². The lowest BCUT2D eigenvalue weighted by Gasteiger charge is -2.36. The lowest BCUT2D eigenvalue weighted by Crippen LogP contribution is -2.52. The minimum atomic E-state index is -0.410. The van der Waals surface area contributed by atoms with Crippen LogP contribution in [0.4, 0.5) is 0 Å². The van der Waals surface area contributed by atoms with E-state index in [4.69, 9.17) is 5.73 Å². The molecular formula is C12H24N2O2. The Morgan fingerprint density at radius 2 is 2.19 bits per heavy atom. The van der Waals surface area contributed by atoms with Crippen LogP contribution in [-0.2, 0) is 4.79 Å². The number of nitrogens with two attached hydrogens (primary N) is 1. The van der Waals surface area contributed by atoms with Crippen LogP contribution in [0.3, 0.4) is 0 Å². The first-order valence-corrected chi connectivity index (χ1v) is 6.23. The van der Waals surface area contributed by atoms with Crippen molar-refractivity contribution < 1.29 is 9.90 Å². The van der Waals surface area contributed by atoms with E-state index in [1.54, 1.807) is 4.90 Å². The molecule has 1 rings (SSSR count). The normalized spacial score (nSPS) is 23.6. The molecule has 0 aliphatic carbocycles. The smallest absolute Gasteiger partial charge is 0.239 e. The molecule has 1 aliphatic rings. The minimum absolute atomic E-state index is 0.00690. The summed E-state index contributed by atoms with van der Waals surface area (Å²) in [6.07, 6.45) is 3.73. The molecule has 16 heavy (non-hydrogen) atoms. The maximum atomic E-state index is 12.1. The summed E-state index contributed by atoms with van der Waals surface area (Å²) < 4.78 is 0. The van der Waals surface area contributed by atoms with E-state index < -0.39 is 6.04 Å². The second-order valence-electron chi connectivity index (χ2n) is 5.10. The molecular weight excluding hydrogens is 204 g/mol. The number of amides is 1. The Kier molecular flexibility index (Phi) is 5.22. The lowest BCUT2D eigenvalue weighted by atomic mass is 9.98. The summed E-state index contributed by atoms with van der Waals surface area (Å²) in [7, 11) is 0. The minimum Gasteiger partial charge on any atom is -0.394 e. The summed E-state index contributed by atoms with van der Waals surface area (Å²) in [6, 6.07) is -0.424. The fraction of sp³-hybridized carbons (Fsp3) is 0.917. The summed E-state index contributed by atoms with van der Waals surface area (Å²) in [5, 5.41) is 9.24. The Morgan fingerprint density at radius 3 is 2.75 bits per heavy atom. The molecule has 1 saturated heterocycles. The van der Waals surface area contributed by atoms with Gasteiger partial charge in [0.15, 0.2) is 0 Å². The average Bonchev–Trinajstić information content (AvgIpc) is 2.27. The summed E-state index contributed by atoms with van der Waals surface area (Å²) in [6.45, 7) is 4.93. The monoisotopic (exact) mass is 228 g/mol. The predicted molar refractivity (Wildman–Crippen MR) is 63.9 cm³/mol. The van der Waals surface area contributed by atoms with Gasteiger partial charge in [0.2, 0.25) is 5.91 Å². The van der Waals surface area contributed by atoms with Crippen molar-refractivity contribution >= 4 is 5.91 Å². The van der Waals surface area contributed by atoms with Crippen molar-refractivity contribution in [3.63, 3.8) is 0 Å². The fourth-order valence-electron chi connectivity index (χ4n) is 2.30. The number of piperidine rings is 1. The van der Waals surface area contributed by atoms with Crippen LogP contribution in [-0.4, -0.2) is 41.1 Å². The summed E-state index contributed by atoms with van der Waals surface area (Å²) in [5.41, 5.74) is 5.89. The molecule has 4 heteroatoms. The molecule has 2 unspecified atom stereocenters. The van der Waals surface area contributed by atoms with Gasteiger partial charge in [0.25, 0.3) is 0 Å². The molecule has 0 aromatic carbocycles. The number of carbonyl (C=O) groups is 1. The molecule has 1 heterocycles. The Labute approximate surface area is 97.8 Å². The first kappa shape index (κ1) is 13.5. The Bertz CT molecular complexity index is 231. The van der Waals surface area contributed by atoms with Gasteiger partial charge < -0.3 is 15.7 Å². The van der Waals surface area contributed by atoms with Crippen molar-refractivity contribution in [3.05, 3.63) is 0 Å². The van der Waals surface area contributed by atoms with Gasteiger partial charge in [-0.2, -0.15) is 0 Å². The molecule has 2 atom stereocenters. The van der Waals surface area contributed by atoms with Crippen molar-refractivity contribution in [2.75, 3.05) is 13.2 Å². The number of carbonyl (C=O) groups excluding carboxylic acids is 1.